The second-order valence-electron chi connectivity index (χ2n) is 5.46. The molecule has 0 N–H and O–H groups in total. The summed E-state index contributed by atoms with van der Waals surface area (Å²) in [5.41, 5.74) is 0.585. The quantitative estimate of drug-likeness (QED) is 0.691. The normalized spacial score (nSPS) is 37.4. The number of methoxy groups -OCH3 is 2. The van der Waals surface area contributed by atoms with Crippen molar-refractivity contribution in [3.8, 4) is 0 Å². The van der Waals surface area contributed by atoms with Crippen LogP contribution in [0.25, 0.3) is 0 Å². The average molecular weight is 226 g/mol. The topological polar surface area (TPSA) is 35.5 Å². The number of ether oxygens (including phenoxy) is 2. The van der Waals surface area contributed by atoms with Crippen molar-refractivity contribution >= 4 is 5.97 Å². The molecule has 2 bridgehead atoms. The van der Waals surface area contributed by atoms with E-state index < -0.39 is 0 Å². The summed E-state index contributed by atoms with van der Waals surface area (Å²) in [6.45, 7) is 0. The van der Waals surface area contributed by atoms with Gasteiger partial charge in [0.15, 0.2) is 0 Å². The highest BCUT2D eigenvalue weighted by atomic mass is 16.5. The summed E-state index contributed by atoms with van der Waals surface area (Å²) in [5, 5.41) is 0. The van der Waals surface area contributed by atoms with Gasteiger partial charge in [-0.1, -0.05) is 0 Å². The Balaban J connectivity index is 1.90. The Morgan fingerprint density at radius 3 is 2.06 bits per heavy atom. The van der Waals surface area contributed by atoms with Gasteiger partial charge in [-0.25, -0.2) is 0 Å². The van der Waals surface area contributed by atoms with Crippen molar-refractivity contribution in [3.63, 3.8) is 0 Å². The molecule has 0 aromatic rings. The molecule has 16 heavy (non-hydrogen) atoms. The van der Waals surface area contributed by atoms with Gasteiger partial charge < -0.3 is 9.47 Å². The maximum atomic E-state index is 11.2. The van der Waals surface area contributed by atoms with Crippen LogP contribution in [0.4, 0.5) is 0 Å². The van der Waals surface area contributed by atoms with Crippen molar-refractivity contribution in [1.82, 2.24) is 0 Å². The summed E-state index contributed by atoms with van der Waals surface area (Å²) in [5.74, 6) is -0.0662. The molecule has 0 amide bonds. The molecule has 0 aliphatic heterocycles. The number of carbonyl (C=O) groups is 1. The van der Waals surface area contributed by atoms with Gasteiger partial charge in [-0.05, 0) is 50.4 Å². The summed E-state index contributed by atoms with van der Waals surface area (Å²) in [4.78, 5) is 11.2. The van der Waals surface area contributed by atoms with Gasteiger partial charge in [0.25, 0.3) is 0 Å². The van der Waals surface area contributed by atoms with Gasteiger partial charge in [0, 0.05) is 13.5 Å². The summed E-state index contributed by atoms with van der Waals surface area (Å²) in [7, 11) is 3.31. The number of carbonyl (C=O) groups excluding carboxylic acids is 1. The van der Waals surface area contributed by atoms with Crippen LogP contribution in [0, 0.1) is 5.41 Å². The zero-order valence-electron chi connectivity index (χ0n) is 10.4. The first-order chi connectivity index (χ1) is 7.64. The average Bonchev–Trinajstić information content (AvgIpc) is 2.38. The van der Waals surface area contributed by atoms with Gasteiger partial charge in [0.2, 0.25) is 0 Å². The maximum Gasteiger partial charge on any atom is 0.305 e. The molecule has 3 heteroatoms. The molecule has 0 aromatic carbocycles. The molecule has 0 atom stereocenters. The lowest BCUT2D eigenvalue weighted by Crippen LogP contribution is -2.47. The first kappa shape index (κ1) is 11.9. The maximum absolute atomic E-state index is 11.2. The minimum absolute atomic E-state index is 0.0662. The van der Waals surface area contributed by atoms with Gasteiger partial charge in [0.05, 0.1) is 12.7 Å². The lowest BCUT2D eigenvalue weighted by Gasteiger charge is -2.52. The molecular weight excluding hydrogens is 204 g/mol. The Bertz CT molecular complexity index is 248. The van der Waals surface area contributed by atoms with Crippen molar-refractivity contribution < 1.29 is 14.3 Å². The highest BCUT2D eigenvalue weighted by Gasteiger charge is 2.48. The molecule has 0 unspecified atom stereocenters. The molecule has 3 aliphatic carbocycles. The molecule has 3 nitrogen and oxygen atoms in total. The van der Waals surface area contributed by atoms with Crippen LogP contribution >= 0.6 is 0 Å². The molecule has 3 fully saturated rings. The van der Waals surface area contributed by atoms with Crippen LogP contribution < -0.4 is 0 Å². The lowest BCUT2D eigenvalue weighted by molar-refractivity contribution is -0.144. The van der Waals surface area contributed by atoms with E-state index in [2.05, 4.69) is 0 Å². The van der Waals surface area contributed by atoms with E-state index in [0.29, 0.717) is 11.8 Å². The largest absolute Gasteiger partial charge is 0.469 e. The van der Waals surface area contributed by atoms with Crippen molar-refractivity contribution in [2.24, 2.45) is 5.41 Å². The fourth-order valence-electron chi connectivity index (χ4n) is 3.38. The van der Waals surface area contributed by atoms with E-state index in [1.54, 1.807) is 0 Å². The van der Waals surface area contributed by atoms with Crippen molar-refractivity contribution in [2.45, 2.75) is 57.0 Å². The SMILES string of the molecule is COC(=O)CCC12CCC(OC)(CC1)CC2. The monoisotopic (exact) mass is 226 g/mol. The molecule has 0 aromatic heterocycles. The highest BCUT2D eigenvalue weighted by molar-refractivity contribution is 5.69. The third kappa shape index (κ3) is 2.10. The Hall–Kier alpha value is -0.570. The van der Waals surface area contributed by atoms with Gasteiger partial charge in [-0.15, -0.1) is 0 Å². The highest BCUT2D eigenvalue weighted by Crippen LogP contribution is 2.55. The second kappa shape index (κ2) is 4.36. The standard InChI is InChI=1S/C13H22O3/c1-15-11(14)3-4-12-5-8-13(16-2,9-6-12)10-7-12/h3-10H2,1-2H3. The minimum Gasteiger partial charge on any atom is -0.469 e. The van der Waals surface area contributed by atoms with E-state index >= 15 is 0 Å². The molecule has 0 saturated heterocycles. The van der Waals surface area contributed by atoms with Crippen LogP contribution in [-0.4, -0.2) is 25.8 Å². The zero-order chi connectivity index (χ0) is 11.6. The minimum atomic E-state index is -0.0662. The van der Waals surface area contributed by atoms with E-state index in [-0.39, 0.29) is 11.6 Å². The Labute approximate surface area is 97.5 Å². The van der Waals surface area contributed by atoms with Crippen molar-refractivity contribution in [2.75, 3.05) is 14.2 Å². The molecular formula is C13H22O3. The molecule has 0 spiro atoms. The third-order valence-electron chi connectivity index (χ3n) is 4.85. The molecule has 3 aliphatic rings. The summed E-state index contributed by atoms with van der Waals surface area (Å²) >= 11 is 0. The van der Waals surface area contributed by atoms with E-state index in [1.165, 1.54) is 45.6 Å². The fourth-order valence-corrected chi connectivity index (χ4v) is 3.38. The predicted molar refractivity (Wildman–Crippen MR) is 61.1 cm³/mol. The molecule has 0 radical (unpaired) electrons. The summed E-state index contributed by atoms with van der Waals surface area (Å²) in [6, 6.07) is 0. The number of fused-ring (bicyclic) bond motifs is 3. The van der Waals surface area contributed by atoms with Crippen molar-refractivity contribution in [3.05, 3.63) is 0 Å². The summed E-state index contributed by atoms with van der Waals surface area (Å²) < 4.78 is 10.4. The molecule has 0 heterocycles. The predicted octanol–water partition coefficient (Wildman–Crippen LogP) is 2.68. The Morgan fingerprint density at radius 2 is 1.62 bits per heavy atom. The van der Waals surface area contributed by atoms with Gasteiger partial charge >= 0.3 is 5.97 Å². The number of esters is 1. The van der Waals surface area contributed by atoms with Crippen LogP contribution in [0.5, 0.6) is 0 Å². The number of hydrogen-bond acceptors (Lipinski definition) is 3. The summed E-state index contributed by atoms with van der Waals surface area (Å²) in [6.07, 6.45) is 8.75. The molecule has 92 valence electrons. The first-order valence-electron chi connectivity index (χ1n) is 6.26. The van der Waals surface area contributed by atoms with Crippen LogP contribution in [0.3, 0.4) is 0 Å². The second-order valence-corrected chi connectivity index (χ2v) is 5.46. The number of rotatable bonds is 4. The van der Waals surface area contributed by atoms with Crippen molar-refractivity contribution in [1.29, 1.82) is 0 Å². The fraction of sp³-hybridized carbons (Fsp3) is 0.923. The van der Waals surface area contributed by atoms with Gasteiger partial charge in [-0.3, -0.25) is 4.79 Å². The zero-order valence-corrected chi connectivity index (χ0v) is 10.4. The van der Waals surface area contributed by atoms with Crippen LogP contribution in [0.15, 0.2) is 0 Å². The Morgan fingerprint density at radius 1 is 1.06 bits per heavy atom. The van der Waals surface area contributed by atoms with Gasteiger partial charge in [0.1, 0.15) is 0 Å². The van der Waals surface area contributed by atoms with E-state index in [4.69, 9.17) is 9.47 Å². The first-order valence-corrected chi connectivity index (χ1v) is 6.26. The molecule has 3 rings (SSSR count). The smallest absolute Gasteiger partial charge is 0.305 e. The third-order valence-corrected chi connectivity index (χ3v) is 4.85. The van der Waals surface area contributed by atoms with Crippen LogP contribution in [0.2, 0.25) is 0 Å². The van der Waals surface area contributed by atoms with E-state index in [1.807, 2.05) is 7.11 Å². The van der Waals surface area contributed by atoms with Crippen LogP contribution in [-0.2, 0) is 14.3 Å². The van der Waals surface area contributed by atoms with Gasteiger partial charge in [-0.2, -0.15) is 0 Å². The van der Waals surface area contributed by atoms with E-state index in [9.17, 15) is 4.79 Å². The lowest BCUT2D eigenvalue weighted by atomic mass is 9.57. The molecule has 3 saturated carbocycles. The van der Waals surface area contributed by atoms with E-state index in [0.717, 1.165) is 6.42 Å². The van der Waals surface area contributed by atoms with Crippen LogP contribution in [0.1, 0.15) is 51.4 Å². The Kier molecular flexibility index (Phi) is 3.24. The number of hydrogen-bond donors (Lipinski definition) is 0.